The highest BCUT2D eigenvalue weighted by atomic mass is 16.4. The molecule has 0 aliphatic rings. The molecule has 0 bridgehead atoms. The normalized spacial score (nSPS) is 12.5. The first-order chi connectivity index (χ1) is 14.3. The molecule has 2 unspecified atom stereocenters. The van der Waals surface area contributed by atoms with Gasteiger partial charge in [0.1, 0.15) is 24.4 Å². The minimum atomic E-state index is -1.21. The zero-order valence-electron chi connectivity index (χ0n) is 16.6. The smallest absolute Gasteiger partial charge is 0.322 e. The van der Waals surface area contributed by atoms with Crippen LogP contribution < -0.4 is 27.4 Å². The highest BCUT2D eigenvalue weighted by Gasteiger charge is 2.26. The van der Waals surface area contributed by atoms with Crippen molar-refractivity contribution in [3.05, 3.63) is 29.8 Å². The highest BCUT2D eigenvalue weighted by Crippen LogP contribution is 2.12. The zero-order chi connectivity index (χ0) is 22.5. The van der Waals surface area contributed by atoms with Gasteiger partial charge in [-0.1, -0.05) is 12.1 Å². The Morgan fingerprint density at radius 3 is 2.17 bits per heavy atom. The molecular formula is C19H29N5O6. The van der Waals surface area contributed by atoms with Crippen molar-refractivity contribution in [2.75, 3.05) is 19.6 Å². The van der Waals surface area contributed by atoms with Crippen LogP contribution in [0.1, 0.15) is 24.8 Å². The average molecular weight is 423 g/mol. The van der Waals surface area contributed by atoms with Crippen LogP contribution in [0.15, 0.2) is 24.3 Å². The van der Waals surface area contributed by atoms with Gasteiger partial charge in [0.15, 0.2) is 0 Å². The number of amides is 3. The Labute approximate surface area is 174 Å². The third kappa shape index (κ3) is 9.34. The van der Waals surface area contributed by atoms with E-state index in [1.807, 2.05) is 0 Å². The van der Waals surface area contributed by atoms with Gasteiger partial charge >= 0.3 is 5.97 Å². The lowest BCUT2D eigenvalue weighted by Gasteiger charge is -2.23. The van der Waals surface area contributed by atoms with E-state index in [-0.39, 0.29) is 25.1 Å². The first kappa shape index (κ1) is 24.9. The Hall–Kier alpha value is -3.18. The number of hydrogen-bond donors (Lipinski definition) is 7. The summed E-state index contributed by atoms with van der Waals surface area (Å²) in [6.45, 7) is -0.491. The standard InChI is InChI=1S/C19H29N5O6/c20-8-2-1-3-14(18(29)22-11-17(27)28)24-19(30)15(23-16(26)10-21)9-12-4-6-13(25)7-5-12/h4-7,14-15,25H,1-3,8-11,20-21H2,(H,22,29)(H,23,26)(H,24,30)(H,27,28). The maximum absolute atomic E-state index is 12.8. The van der Waals surface area contributed by atoms with Gasteiger partial charge in [-0.2, -0.15) is 0 Å². The zero-order valence-corrected chi connectivity index (χ0v) is 16.6. The van der Waals surface area contributed by atoms with Crippen LogP contribution in [0.5, 0.6) is 5.75 Å². The van der Waals surface area contributed by atoms with Gasteiger partial charge in [-0.05, 0) is 43.5 Å². The minimum absolute atomic E-state index is 0.0563. The molecule has 1 aromatic rings. The number of phenolic OH excluding ortho intramolecular Hbond substituents is 1. The lowest BCUT2D eigenvalue weighted by molar-refractivity contribution is -0.138. The largest absolute Gasteiger partial charge is 0.508 e. The fourth-order valence-electron chi connectivity index (χ4n) is 2.65. The topological polar surface area (TPSA) is 197 Å². The number of unbranched alkanes of at least 4 members (excludes halogenated alkanes) is 1. The molecule has 2 atom stereocenters. The Balaban J connectivity index is 2.91. The van der Waals surface area contributed by atoms with Crippen molar-refractivity contribution >= 4 is 23.7 Å². The van der Waals surface area contributed by atoms with Gasteiger partial charge in [0, 0.05) is 6.42 Å². The number of aromatic hydroxyl groups is 1. The highest BCUT2D eigenvalue weighted by molar-refractivity contribution is 5.93. The summed E-state index contributed by atoms with van der Waals surface area (Å²) in [6.07, 6.45) is 1.52. The monoisotopic (exact) mass is 423 g/mol. The third-order valence-electron chi connectivity index (χ3n) is 4.21. The van der Waals surface area contributed by atoms with Crippen molar-refractivity contribution < 1.29 is 29.4 Å². The molecule has 0 spiro atoms. The Kier molecular flexibility index (Phi) is 10.9. The number of nitrogens with two attached hydrogens (primary N) is 2. The van der Waals surface area contributed by atoms with Gasteiger partial charge in [0.05, 0.1) is 6.54 Å². The SMILES string of the molecule is NCCCCC(NC(=O)C(Cc1ccc(O)cc1)NC(=O)CN)C(=O)NCC(=O)O. The number of carboxylic acids is 1. The lowest BCUT2D eigenvalue weighted by atomic mass is 10.0. The van der Waals surface area contributed by atoms with E-state index in [1.54, 1.807) is 12.1 Å². The molecule has 3 amide bonds. The molecule has 11 nitrogen and oxygen atoms in total. The van der Waals surface area contributed by atoms with E-state index in [2.05, 4.69) is 16.0 Å². The van der Waals surface area contributed by atoms with Crippen LogP contribution in [0.2, 0.25) is 0 Å². The predicted octanol–water partition coefficient (Wildman–Crippen LogP) is -1.81. The van der Waals surface area contributed by atoms with E-state index < -0.39 is 42.3 Å². The summed E-state index contributed by atoms with van der Waals surface area (Å²) in [7, 11) is 0. The second-order valence-electron chi connectivity index (χ2n) is 6.65. The Morgan fingerprint density at radius 2 is 1.60 bits per heavy atom. The molecule has 0 aliphatic carbocycles. The number of phenols is 1. The number of nitrogens with one attached hydrogen (secondary N) is 3. The van der Waals surface area contributed by atoms with Crippen molar-refractivity contribution in [1.29, 1.82) is 0 Å². The van der Waals surface area contributed by atoms with E-state index in [0.717, 1.165) is 0 Å². The maximum Gasteiger partial charge on any atom is 0.322 e. The van der Waals surface area contributed by atoms with Crippen molar-refractivity contribution in [3.8, 4) is 5.75 Å². The molecule has 166 valence electrons. The molecule has 1 aromatic carbocycles. The Morgan fingerprint density at radius 1 is 0.933 bits per heavy atom. The number of aliphatic carboxylic acids is 1. The molecule has 30 heavy (non-hydrogen) atoms. The first-order valence-corrected chi connectivity index (χ1v) is 9.54. The Bertz CT molecular complexity index is 725. The van der Waals surface area contributed by atoms with Gasteiger partial charge in [-0.25, -0.2) is 0 Å². The average Bonchev–Trinajstić information content (AvgIpc) is 2.72. The fraction of sp³-hybridized carbons (Fsp3) is 0.474. The van der Waals surface area contributed by atoms with Gasteiger partial charge < -0.3 is 37.6 Å². The van der Waals surface area contributed by atoms with Gasteiger partial charge in [0.25, 0.3) is 0 Å². The van der Waals surface area contributed by atoms with Crippen LogP contribution in [0.4, 0.5) is 0 Å². The van der Waals surface area contributed by atoms with Gasteiger partial charge in [-0.15, -0.1) is 0 Å². The van der Waals surface area contributed by atoms with Crippen molar-refractivity contribution in [3.63, 3.8) is 0 Å². The van der Waals surface area contributed by atoms with E-state index >= 15 is 0 Å². The molecule has 0 saturated heterocycles. The summed E-state index contributed by atoms with van der Waals surface area (Å²) < 4.78 is 0. The van der Waals surface area contributed by atoms with E-state index in [0.29, 0.717) is 24.9 Å². The van der Waals surface area contributed by atoms with Crippen LogP contribution in [0.3, 0.4) is 0 Å². The molecule has 11 heteroatoms. The van der Waals surface area contributed by atoms with Crippen molar-refractivity contribution in [1.82, 2.24) is 16.0 Å². The third-order valence-corrected chi connectivity index (χ3v) is 4.21. The van der Waals surface area contributed by atoms with Crippen molar-refractivity contribution in [2.45, 2.75) is 37.8 Å². The number of hydrogen-bond acceptors (Lipinski definition) is 7. The number of carbonyl (C=O) groups excluding carboxylic acids is 3. The maximum atomic E-state index is 12.8. The second-order valence-corrected chi connectivity index (χ2v) is 6.65. The van der Waals surface area contributed by atoms with Crippen LogP contribution in [-0.2, 0) is 25.6 Å². The van der Waals surface area contributed by atoms with Crippen molar-refractivity contribution in [2.24, 2.45) is 11.5 Å². The molecule has 9 N–H and O–H groups in total. The summed E-state index contributed by atoms with van der Waals surface area (Å²) in [4.78, 5) is 47.6. The molecule has 1 rings (SSSR count). The summed E-state index contributed by atoms with van der Waals surface area (Å²) >= 11 is 0. The molecule has 0 fully saturated rings. The number of carboxylic acid groups (broad SMARTS) is 1. The number of benzene rings is 1. The predicted molar refractivity (Wildman–Crippen MR) is 108 cm³/mol. The fourth-order valence-corrected chi connectivity index (χ4v) is 2.65. The van der Waals surface area contributed by atoms with Crippen LogP contribution >= 0.6 is 0 Å². The molecule has 0 heterocycles. The summed E-state index contributed by atoms with van der Waals surface area (Å²) in [5, 5.41) is 25.5. The van der Waals surface area contributed by atoms with Gasteiger partial charge in [-0.3, -0.25) is 19.2 Å². The van der Waals surface area contributed by atoms with E-state index in [9.17, 15) is 24.3 Å². The summed E-state index contributed by atoms with van der Waals surface area (Å²) in [6, 6.07) is 4.09. The van der Waals surface area contributed by atoms with Crippen LogP contribution in [-0.4, -0.2) is 65.6 Å². The summed E-state index contributed by atoms with van der Waals surface area (Å²) in [5.41, 5.74) is 11.5. The van der Waals surface area contributed by atoms with Gasteiger partial charge in [0.2, 0.25) is 17.7 Å². The minimum Gasteiger partial charge on any atom is -0.508 e. The first-order valence-electron chi connectivity index (χ1n) is 9.54. The molecule has 0 aromatic heterocycles. The molecule has 0 radical (unpaired) electrons. The summed E-state index contributed by atoms with van der Waals surface area (Å²) in [5.74, 6) is -2.97. The molecular weight excluding hydrogens is 394 g/mol. The van der Waals surface area contributed by atoms with E-state index in [4.69, 9.17) is 16.6 Å². The quantitative estimate of drug-likeness (QED) is 0.180. The second kappa shape index (κ2) is 13.1. The number of rotatable bonds is 13. The molecule has 0 saturated carbocycles. The number of carbonyl (C=O) groups is 4. The van der Waals surface area contributed by atoms with E-state index in [1.165, 1.54) is 12.1 Å². The van der Waals surface area contributed by atoms with Crippen LogP contribution in [0.25, 0.3) is 0 Å². The van der Waals surface area contributed by atoms with Crippen LogP contribution in [0, 0.1) is 0 Å². The molecule has 0 aliphatic heterocycles. The lowest BCUT2D eigenvalue weighted by Crippen LogP contribution is -2.55.